The van der Waals surface area contributed by atoms with Crippen molar-refractivity contribution in [1.82, 2.24) is 0 Å². The van der Waals surface area contributed by atoms with E-state index in [0.717, 1.165) is 4.47 Å². The zero-order valence-corrected chi connectivity index (χ0v) is 13.1. The van der Waals surface area contributed by atoms with Gasteiger partial charge in [0.25, 0.3) is 0 Å². The first-order valence-corrected chi connectivity index (χ1v) is 7.24. The second kappa shape index (κ2) is 7.04. The molecule has 5 heteroatoms. The molecule has 0 spiro atoms. The molecule has 2 amide bonds. The molecule has 0 atom stereocenters. The Morgan fingerprint density at radius 3 is 2.24 bits per heavy atom. The first kappa shape index (κ1) is 15.3. The third-order valence-corrected chi connectivity index (χ3v) is 3.41. The van der Waals surface area contributed by atoms with Gasteiger partial charge >= 0.3 is 0 Å². The highest BCUT2D eigenvalue weighted by atomic mass is 79.9. The lowest BCUT2D eigenvalue weighted by atomic mass is 10.2. The molecule has 0 aliphatic heterocycles. The van der Waals surface area contributed by atoms with Crippen molar-refractivity contribution in [3.05, 3.63) is 59.1 Å². The Kier molecular flexibility index (Phi) is 5.11. The van der Waals surface area contributed by atoms with E-state index < -0.39 is 0 Å². The summed E-state index contributed by atoms with van der Waals surface area (Å²) in [5, 5.41) is 2.77. The minimum absolute atomic E-state index is 0.0184. The van der Waals surface area contributed by atoms with Crippen LogP contribution in [0.5, 0.6) is 0 Å². The molecule has 21 heavy (non-hydrogen) atoms. The van der Waals surface area contributed by atoms with Gasteiger partial charge in [0.15, 0.2) is 0 Å². The number of rotatable bonds is 4. The molecule has 0 fully saturated rings. The predicted octanol–water partition coefficient (Wildman–Crippen LogP) is 3.44. The fourth-order valence-corrected chi connectivity index (χ4v) is 2.13. The Morgan fingerprint density at radius 2 is 1.67 bits per heavy atom. The molecule has 0 aliphatic carbocycles. The van der Waals surface area contributed by atoms with Crippen LogP contribution in [0.3, 0.4) is 0 Å². The third-order valence-electron chi connectivity index (χ3n) is 2.88. The summed E-state index contributed by atoms with van der Waals surface area (Å²) in [6.45, 7) is 1.43. The summed E-state index contributed by atoms with van der Waals surface area (Å²) in [4.78, 5) is 25.2. The normalized spacial score (nSPS) is 10.0. The van der Waals surface area contributed by atoms with Gasteiger partial charge in [-0.15, -0.1) is 0 Å². The Balaban J connectivity index is 2.05. The van der Waals surface area contributed by atoms with E-state index in [9.17, 15) is 9.59 Å². The maximum Gasteiger partial charge on any atom is 0.244 e. The number of anilines is 2. The molecule has 0 heterocycles. The van der Waals surface area contributed by atoms with Crippen molar-refractivity contribution in [2.75, 3.05) is 16.8 Å². The lowest BCUT2D eigenvalue weighted by molar-refractivity contribution is -0.120. The van der Waals surface area contributed by atoms with Crippen molar-refractivity contribution < 1.29 is 9.59 Å². The zero-order chi connectivity index (χ0) is 15.2. The van der Waals surface area contributed by atoms with Crippen LogP contribution in [-0.2, 0) is 9.59 Å². The highest BCUT2D eigenvalue weighted by Gasteiger charge is 2.15. The maximum absolute atomic E-state index is 12.1. The Morgan fingerprint density at radius 1 is 1.05 bits per heavy atom. The van der Waals surface area contributed by atoms with E-state index in [0.29, 0.717) is 11.4 Å². The van der Waals surface area contributed by atoms with Crippen molar-refractivity contribution in [1.29, 1.82) is 0 Å². The lowest BCUT2D eigenvalue weighted by Crippen LogP contribution is -2.36. The number of nitrogens with zero attached hydrogens (tertiary/aromatic N) is 1. The SMILES string of the molecule is CC(=O)N(CC(=O)Nc1ccc(Br)cc1)c1ccccc1. The Bertz CT molecular complexity index is 626. The van der Waals surface area contributed by atoms with Crippen LogP contribution >= 0.6 is 15.9 Å². The number of amides is 2. The molecule has 0 saturated heterocycles. The van der Waals surface area contributed by atoms with Gasteiger partial charge in [0, 0.05) is 22.8 Å². The van der Waals surface area contributed by atoms with Gasteiger partial charge in [-0.2, -0.15) is 0 Å². The molecule has 4 nitrogen and oxygen atoms in total. The van der Waals surface area contributed by atoms with E-state index in [4.69, 9.17) is 0 Å². The van der Waals surface area contributed by atoms with Gasteiger partial charge in [-0.25, -0.2) is 0 Å². The van der Waals surface area contributed by atoms with E-state index in [-0.39, 0.29) is 18.4 Å². The second-order valence-corrected chi connectivity index (χ2v) is 5.41. The molecule has 0 radical (unpaired) electrons. The average molecular weight is 347 g/mol. The molecule has 1 N–H and O–H groups in total. The minimum atomic E-state index is -0.239. The van der Waals surface area contributed by atoms with Crippen LogP contribution in [0, 0.1) is 0 Å². The first-order valence-electron chi connectivity index (χ1n) is 6.45. The van der Waals surface area contributed by atoms with Gasteiger partial charge < -0.3 is 10.2 Å². The topological polar surface area (TPSA) is 49.4 Å². The van der Waals surface area contributed by atoms with Crippen molar-refractivity contribution in [3.63, 3.8) is 0 Å². The molecule has 2 aromatic carbocycles. The number of benzene rings is 2. The van der Waals surface area contributed by atoms with E-state index in [1.54, 1.807) is 24.3 Å². The van der Waals surface area contributed by atoms with Crippen LogP contribution in [0.2, 0.25) is 0 Å². The predicted molar refractivity (Wildman–Crippen MR) is 87.2 cm³/mol. The van der Waals surface area contributed by atoms with Crippen LogP contribution < -0.4 is 10.2 Å². The molecular weight excluding hydrogens is 332 g/mol. The molecule has 0 bridgehead atoms. The number of carbonyl (C=O) groups is 2. The van der Waals surface area contributed by atoms with Crippen molar-refractivity contribution in [2.24, 2.45) is 0 Å². The van der Waals surface area contributed by atoms with Crippen molar-refractivity contribution >= 4 is 39.1 Å². The summed E-state index contributed by atoms with van der Waals surface area (Å²) >= 11 is 3.34. The molecule has 2 aromatic rings. The molecule has 0 unspecified atom stereocenters. The number of carbonyl (C=O) groups excluding carboxylic acids is 2. The highest BCUT2D eigenvalue weighted by Crippen LogP contribution is 2.16. The standard InChI is InChI=1S/C16H15BrN2O2/c1-12(20)19(15-5-3-2-4-6-15)11-16(21)18-14-9-7-13(17)8-10-14/h2-10H,11H2,1H3,(H,18,21). The second-order valence-electron chi connectivity index (χ2n) is 4.50. The number of hydrogen-bond donors (Lipinski definition) is 1. The molecule has 0 aromatic heterocycles. The molecule has 0 aliphatic rings. The monoisotopic (exact) mass is 346 g/mol. The summed E-state index contributed by atoms with van der Waals surface area (Å²) in [6, 6.07) is 16.4. The Labute approximate surface area is 131 Å². The lowest BCUT2D eigenvalue weighted by Gasteiger charge is -2.20. The van der Waals surface area contributed by atoms with E-state index in [1.807, 2.05) is 30.3 Å². The quantitative estimate of drug-likeness (QED) is 0.921. The van der Waals surface area contributed by atoms with E-state index >= 15 is 0 Å². The van der Waals surface area contributed by atoms with Crippen LogP contribution in [-0.4, -0.2) is 18.4 Å². The number of para-hydroxylation sites is 1. The summed E-state index contributed by atoms with van der Waals surface area (Å²) in [6.07, 6.45) is 0. The highest BCUT2D eigenvalue weighted by molar-refractivity contribution is 9.10. The molecular formula is C16H15BrN2O2. The Hall–Kier alpha value is -2.14. The van der Waals surface area contributed by atoms with Crippen LogP contribution in [0.1, 0.15) is 6.92 Å². The van der Waals surface area contributed by atoms with Gasteiger partial charge in [0.2, 0.25) is 11.8 Å². The van der Waals surface area contributed by atoms with E-state index in [1.165, 1.54) is 11.8 Å². The first-order chi connectivity index (χ1) is 10.1. The van der Waals surface area contributed by atoms with Gasteiger partial charge in [-0.05, 0) is 36.4 Å². The summed E-state index contributed by atoms with van der Waals surface area (Å²) in [7, 11) is 0. The van der Waals surface area contributed by atoms with Gasteiger partial charge in [0.1, 0.15) is 6.54 Å². The summed E-state index contributed by atoms with van der Waals surface area (Å²) in [5.74, 6) is -0.413. The smallest absolute Gasteiger partial charge is 0.244 e. The van der Waals surface area contributed by atoms with Crippen LogP contribution in [0.4, 0.5) is 11.4 Å². The number of nitrogens with one attached hydrogen (secondary N) is 1. The molecule has 0 saturated carbocycles. The fraction of sp³-hybridized carbons (Fsp3) is 0.125. The molecule has 108 valence electrons. The summed E-state index contributed by atoms with van der Waals surface area (Å²) < 4.78 is 0.940. The zero-order valence-electron chi connectivity index (χ0n) is 11.5. The van der Waals surface area contributed by atoms with Crippen LogP contribution in [0.25, 0.3) is 0 Å². The minimum Gasteiger partial charge on any atom is -0.325 e. The van der Waals surface area contributed by atoms with Gasteiger partial charge in [-0.3, -0.25) is 9.59 Å². The van der Waals surface area contributed by atoms with E-state index in [2.05, 4.69) is 21.2 Å². The summed E-state index contributed by atoms with van der Waals surface area (Å²) in [5.41, 5.74) is 1.40. The van der Waals surface area contributed by atoms with Crippen molar-refractivity contribution in [2.45, 2.75) is 6.92 Å². The average Bonchev–Trinajstić information content (AvgIpc) is 2.48. The maximum atomic E-state index is 12.1. The number of halogens is 1. The third kappa shape index (κ3) is 4.43. The molecule has 2 rings (SSSR count). The fourth-order valence-electron chi connectivity index (χ4n) is 1.87. The van der Waals surface area contributed by atoms with Crippen molar-refractivity contribution in [3.8, 4) is 0 Å². The number of hydrogen-bond acceptors (Lipinski definition) is 2. The van der Waals surface area contributed by atoms with Gasteiger partial charge in [-0.1, -0.05) is 34.1 Å². The van der Waals surface area contributed by atoms with Gasteiger partial charge in [0.05, 0.1) is 0 Å². The van der Waals surface area contributed by atoms with Crippen LogP contribution in [0.15, 0.2) is 59.1 Å². The largest absolute Gasteiger partial charge is 0.325 e.